The number of alkyl halides is 3. The Morgan fingerprint density at radius 2 is 1.88 bits per heavy atom. The van der Waals surface area contributed by atoms with Crippen molar-refractivity contribution in [3.63, 3.8) is 0 Å². The molecule has 94 valence electrons. The van der Waals surface area contributed by atoms with Gasteiger partial charge in [-0.2, -0.15) is 13.2 Å². The molecule has 0 aromatic carbocycles. The molecule has 1 aliphatic heterocycles. The van der Waals surface area contributed by atoms with Crippen LogP contribution in [-0.4, -0.2) is 41.4 Å². The minimum absolute atomic E-state index is 0.245. The van der Waals surface area contributed by atoms with Crippen LogP contribution in [-0.2, 0) is 0 Å². The highest BCUT2D eigenvalue weighted by atomic mass is 19.4. The van der Waals surface area contributed by atoms with E-state index in [1.807, 2.05) is 4.90 Å². The zero-order chi connectivity index (χ0) is 11.8. The molecule has 2 nitrogen and oxygen atoms in total. The number of likely N-dealkylation sites (tertiary alicyclic amines) is 1. The summed E-state index contributed by atoms with van der Waals surface area (Å²) in [6.45, 7) is 0.457. The Hall–Kier alpha value is -0.290. The predicted molar refractivity (Wildman–Crippen MR) is 54.0 cm³/mol. The second-order valence-electron chi connectivity index (χ2n) is 4.95. The predicted octanol–water partition coefficient (Wildman–Crippen LogP) is 2.17. The Bertz CT molecular complexity index is 244. The average Bonchev–Trinajstić information content (AvgIpc) is 2.65. The number of piperidine rings is 1. The molecule has 3 unspecified atom stereocenters. The van der Waals surface area contributed by atoms with Crippen molar-refractivity contribution in [1.29, 1.82) is 0 Å². The Morgan fingerprint density at radius 1 is 1.19 bits per heavy atom. The Morgan fingerprint density at radius 3 is 2.56 bits per heavy atom. The van der Waals surface area contributed by atoms with Crippen molar-refractivity contribution in [2.45, 2.75) is 50.4 Å². The molecule has 0 radical (unpaired) electrons. The molecule has 0 aromatic heterocycles. The van der Waals surface area contributed by atoms with Crippen molar-refractivity contribution < 1.29 is 18.3 Å². The minimum atomic E-state index is -4.48. The molecule has 1 aliphatic carbocycles. The minimum Gasteiger partial charge on any atom is -0.382 e. The number of fused-ring (bicyclic) bond motifs is 1. The molecule has 1 saturated carbocycles. The van der Waals surface area contributed by atoms with E-state index in [0.29, 0.717) is 12.5 Å². The third kappa shape index (κ3) is 2.51. The first-order chi connectivity index (χ1) is 7.48. The zero-order valence-electron chi connectivity index (χ0n) is 9.21. The van der Waals surface area contributed by atoms with Gasteiger partial charge in [0.25, 0.3) is 0 Å². The third-order valence-electron chi connectivity index (χ3n) is 3.89. The van der Waals surface area contributed by atoms with Crippen molar-refractivity contribution in [1.82, 2.24) is 4.90 Å². The molecule has 0 aromatic rings. The normalized spacial score (nSPS) is 33.8. The van der Waals surface area contributed by atoms with E-state index in [4.69, 9.17) is 5.11 Å². The van der Waals surface area contributed by atoms with Crippen molar-refractivity contribution in [2.75, 3.05) is 13.1 Å². The van der Waals surface area contributed by atoms with E-state index in [1.54, 1.807) is 0 Å². The lowest BCUT2D eigenvalue weighted by Gasteiger charge is -2.38. The van der Waals surface area contributed by atoms with Gasteiger partial charge in [-0.25, -0.2) is 0 Å². The van der Waals surface area contributed by atoms with E-state index in [9.17, 15) is 13.2 Å². The lowest BCUT2D eigenvalue weighted by atomic mass is 9.92. The number of aliphatic hydroxyl groups excluding tert-OH is 1. The van der Waals surface area contributed by atoms with E-state index in [0.717, 1.165) is 32.1 Å². The van der Waals surface area contributed by atoms with Gasteiger partial charge in [-0.3, -0.25) is 4.90 Å². The second-order valence-corrected chi connectivity index (χ2v) is 4.95. The van der Waals surface area contributed by atoms with Gasteiger partial charge in [-0.15, -0.1) is 0 Å². The monoisotopic (exact) mass is 237 g/mol. The fraction of sp³-hybridized carbons (Fsp3) is 1.00. The second kappa shape index (κ2) is 4.53. The highest BCUT2D eigenvalue weighted by molar-refractivity contribution is 4.90. The van der Waals surface area contributed by atoms with Gasteiger partial charge in [0.1, 0.15) is 0 Å². The maximum absolute atomic E-state index is 12.3. The zero-order valence-corrected chi connectivity index (χ0v) is 9.21. The van der Waals surface area contributed by atoms with Gasteiger partial charge >= 0.3 is 6.18 Å². The van der Waals surface area contributed by atoms with Gasteiger partial charge in [0.2, 0.25) is 0 Å². The summed E-state index contributed by atoms with van der Waals surface area (Å²) in [5, 5.41) is 9.09. The molecule has 0 amide bonds. The van der Waals surface area contributed by atoms with Gasteiger partial charge in [-0.05, 0) is 38.1 Å². The summed E-state index contributed by atoms with van der Waals surface area (Å²) in [4.78, 5) is 1.85. The van der Waals surface area contributed by atoms with Crippen molar-refractivity contribution in [3.05, 3.63) is 0 Å². The van der Waals surface area contributed by atoms with Crippen LogP contribution in [0.1, 0.15) is 32.1 Å². The summed E-state index contributed by atoms with van der Waals surface area (Å²) in [5.41, 5.74) is 0. The fourth-order valence-electron chi connectivity index (χ4n) is 3.11. The molecule has 1 heterocycles. The number of nitrogens with zero attached hydrogens (tertiary/aromatic N) is 1. The molecule has 0 spiro atoms. The number of rotatable bonds is 2. The van der Waals surface area contributed by atoms with Gasteiger partial charge < -0.3 is 5.11 Å². The molecule has 2 rings (SSSR count). The number of halogens is 3. The highest BCUT2D eigenvalue weighted by Crippen LogP contribution is 2.37. The van der Waals surface area contributed by atoms with Crippen molar-refractivity contribution in [2.24, 2.45) is 5.92 Å². The van der Waals surface area contributed by atoms with Crippen LogP contribution in [0.5, 0.6) is 0 Å². The first kappa shape index (κ1) is 12.2. The standard InChI is InChI=1S/C11H18F3NO/c12-11(13,14)10(16)7-15-6-2-4-8-3-1-5-9(8)15/h8-10,16H,1-7H2. The number of β-amino-alcohol motifs (C(OH)–C–C–N with tert-alkyl or cyclic N) is 1. The molecule has 1 saturated heterocycles. The molecule has 2 aliphatic rings. The third-order valence-corrected chi connectivity index (χ3v) is 3.89. The van der Waals surface area contributed by atoms with E-state index in [-0.39, 0.29) is 12.6 Å². The summed E-state index contributed by atoms with van der Waals surface area (Å²) in [6, 6.07) is 0.283. The maximum Gasteiger partial charge on any atom is 0.415 e. The molecular formula is C11H18F3NO. The Balaban J connectivity index is 1.93. The average molecular weight is 237 g/mol. The maximum atomic E-state index is 12.3. The van der Waals surface area contributed by atoms with E-state index in [1.165, 1.54) is 0 Å². The highest BCUT2D eigenvalue weighted by Gasteiger charge is 2.42. The Kier molecular flexibility index (Phi) is 3.45. The molecule has 16 heavy (non-hydrogen) atoms. The van der Waals surface area contributed by atoms with Crippen LogP contribution in [0.15, 0.2) is 0 Å². The molecule has 2 fully saturated rings. The molecule has 0 bridgehead atoms. The van der Waals surface area contributed by atoms with Crippen molar-refractivity contribution in [3.8, 4) is 0 Å². The summed E-state index contributed by atoms with van der Waals surface area (Å²) in [7, 11) is 0. The van der Waals surface area contributed by atoms with E-state index < -0.39 is 12.3 Å². The SMILES string of the molecule is OC(CN1CCCC2CCCC21)C(F)(F)F. The first-order valence-corrected chi connectivity index (χ1v) is 5.97. The lowest BCUT2D eigenvalue weighted by molar-refractivity contribution is -0.210. The van der Waals surface area contributed by atoms with Crippen LogP contribution in [0.3, 0.4) is 0 Å². The summed E-state index contributed by atoms with van der Waals surface area (Å²) in [5.74, 6) is 0.564. The van der Waals surface area contributed by atoms with Gasteiger partial charge in [-0.1, -0.05) is 6.42 Å². The molecular weight excluding hydrogens is 219 g/mol. The van der Waals surface area contributed by atoms with E-state index in [2.05, 4.69) is 0 Å². The first-order valence-electron chi connectivity index (χ1n) is 5.97. The van der Waals surface area contributed by atoms with Crippen LogP contribution >= 0.6 is 0 Å². The Labute approximate surface area is 93.4 Å². The smallest absolute Gasteiger partial charge is 0.382 e. The number of hydrogen-bond donors (Lipinski definition) is 1. The van der Waals surface area contributed by atoms with Crippen LogP contribution < -0.4 is 0 Å². The van der Waals surface area contributed by atoms with Crippen LogP contribution in [0.4, 0.5) is 13.2 Å². The molecule has 5 heteroatoms. The summed E-state index contributed by atoms with van der Waals surface area (Å²) in [6.07, 6.45) is -1.31. The number of aliphatic hydroxyl groups is 1. The topological polar surface area (TPSA) is 23.5 Å². The van der Waals surface area contributed by atoms with E-state index >= 15 is 0 Å². The molecule has 1 N–H and O–H groups in total. The fourth-order valence-corrected chi connectivity index (χ4v) is 3.11. The van der Waals surface area contributed by atoms with Gasteiger partial charge in [0, 0.05) is 12.6 Å². The van der Waals surface area contributed by atoms with Gasteiger partial charge in [0.15, 0.2) is 6.10 Å². The number of hydrogen-bond acceptors (Lipinski definition) is 2. The van der Waals surface area contributed by atoms with Gasteiger partial charge in [0.05, 0.1) is 0 Å². The quantitative estimate of drug-likeness (QED) is 0.795. The summed E-state index contributed by atoms with van der Waals surface area (Å²) < 4.78 is 36.8. The van der Waals surface area contributed by atoms with Crippen LogP contribution in [0.2, 0.25) is 0 Å². The largest absolute Gasteiger partial charge is 0.415 e. The lowest BCUT2D eigenvalue weighted by Crippen LogP contribution is -2.49. The van der Waals surface area contributed by atoms with Crippen LogP contribution in [0, 0.1) is 5.92 Å². The van der Waals surface area contributed by atoms with Crippen molar-refractivity contribution >= 4 is 0 Å². The van der Waals surface area contributed by atoms with Crippen LogP contribution in [0.25, 0.3) is 0 Å². The molecule has 3 atom stereocenters. The summed E-state index contributed by atoms with van der Waals surface area (Å²) >= 11 is 0.